The van der Waals surface area contributed by atoms with Gasteiger partial charge in [0.1, 0.15) is 11.6 Å². The topological polar surface area (TPSA) is 43.9 Å². The van der Waals surface area contributed by atoms with Crippen LogP contribution in [0.4, 0.5) is 14.5 Å². The van der Waals surface area contributed by atoms with E-state index in [1.165, 1.54) is 23.8 Å². The standard InChI is InChI=1S/C30H39F2N3O2/c1-22-4-9-28(21-29(22)32)35(30(37)26-12-18-34(19-13-26)23(2)36)15-3-14-33-16-10-25(11-17-33)20-24-5-7-27(31)8-6-24/h4-9,21,25-26H,3,10-20H2,1-2H3/i32-1. The molecule has 0 N–H and O–H groups in total. The van der Waals surface area contributed by atoms with Crippen molar-refractivity contribution in [2.75, 3.05) is 44.2 Å². The number of hydrogen-bond donors (Lipinski definition) is 0. The minimum atomic E-state index is -0.301. The van der Waals surface area contributed by atoms with Crippen LogP contribution < -0.4 is 4.90 Å². The summed E-state index contributed by atoms with van der Waals surface area (Å²) in [5.41, 5.74) is 2.36. The lowest BCUT2D eigenvalue weighted by atomic mass is 9.90. The molecule has 2 heterocycles. The summed E-state index contributed by atoms with van der Waals surface area (Å²) in [6.45, 7) is 7.94. The maximum absolute atomic E-state index is 14.4. The molecule has 2 aromatic rings. The zero-order valence-corrected chi connectivity index (χ0v) is 22.1. The first-order valence-electron chi connectivity index (χ1n) is 13.6. The van der Waals surface area contributed by atoms with E-state index in [0.29, 0.717) is 49.6 Å². The smallest absolute Gasteiger partial charge is 0.230 e. The zero-order valence-electron chi connectivity index (χ0n) is 22.1. The number of anilines is 1. The molecule has 0 radical (unpaired) electrons. The van der Waals surface area contributed by atoms with E-state index in [1.807, 2.05) is 18.2 Å². The number of rotatable bonds is 8. The van der Waals surface area contributed by atoms with Gasteiger partial charge in [0.15, 0.2) is 0 Å². The van der Waals surface area contributed by atoms with Crippen molar-refractivity contribution in [2.45, 2.75) is 52.4 Å². The maximum Gasteiger partial charge on any atom is 0.230 e. The Kier molecular flexibility index (Phi) is 9.30. The van der Waals surface area contributed by atoms with Crippen LogP contribution in [0.15, 0.2) is 42.5 Å². The van der Waals surface area contributed by atoms with Gasteiger partial charge in [-0.2, -0.15) is 0 Å². The Morgan fingerprint density at radius 3 is 2.24 bits per heavy atom. The number of nitrogens with zero attached hydrogens (tertiary/aromatic N) is 3. The first kappa shape index (κ1) is 27.2. The first-order chi connectivity index (χ1) is 17.8. The largest absolute Gasteiger partial charge is 0.343 e. The van der Waals surface area contributed by atoms with Crippen molar-refractivity contribution in [3.05, 3.63) is 65.2 Å². The molecule has 2 fully saturated rings. The van der Waals surface area contributed by atoms with Gasteiger partial charge in [-0.15, -0.1) is 0 Å². The zero-order chi connectivity index (χ0) is 26.4. The second-order valence-electron chi connectivity index (χ2n) is 10.7. The molecule has 2 saturated heterocycles. The molecule has 0 atom stereocenters. The van der Waals surface area contributed by atoms with Gasteiger partial charge in [-0.1, -0.05) is 18.2 Å². The van der Waals surface area contributed by atoms with E-state index in [0.717, 1.165) is 45.3 Å². The molecule has 7 heteroatoms. The lowest BCUT2D eigenvalue weighted by Crippen LogP contribution is -2.45. The van der Waals surface area contributed by atoms with E-state index >= 15 is 0 Å². The Morgan fingerprint density at radius 2 is 1.62 bits per heavy atom. The average Bonchev–Trinajstić information content (AvgIpc) is 2.90. The summed E-state index contributed by atoms with van der Waals surface area (Å²) in [6.07, 6.45) is 5.31. The molecule has 37 heavy (non-hydrogen) atoms. The SMILES string of the molecule is CC(=O)N1CCC(C(=O)N(CCCN2CCC(Cc3ccc(F)cc3)CC2)c2ccc(C)c([18F])c2)CC1. The highest BCUT2D eigenvalue weighted by Crippen LogP contribution is 2.26. The molecule has 0 saturated carbocycles. The number of likely N-dealkylation sites (tertiary alicyclic amines) is 2. The van der Waals surface area contributed by atoms with Crippen LogP contribution in [0.5, 0.6) is 0 Å². The van der Waals surface area contributed by atoms with Crippen LogP contribution in [0, 0.1) is 30.4 Å². The highest BCUT2D eigenvalue weighted by atomic mass is 19.1. The number of piperidine rings is 2. The molecule has 2 aromatic carbocycles. The number of benzene rings is 2. The summed E-state index contributed by atoms with van der Waals surface area (Å²) < 4.78 is 27.6. The third-order valence-electron chi connectivity index (χ3n) is 8.02. The Morgan fingerprint density at radius 1 is 0.946 bits per heavy atom. The molecule has 5 nitrogen and oxygen atoms in total. The minimum Gasteiger partial charge on any atom is -0.343 e. The fourth-order valence-electron chi connectivity index (χ4n) is 5.60. The van der Waals surface area contributed by atoms with Gasteiger partial charge in [0.05, 0.1) is 0 Å². The summed E-state index contributed by atoms with van der Waals surface area (Å²) in [7, 11) is 0. The van der Waals surface area contributed by atoms with Gasteiger partial charge in [0.2, 0.25) is 11.8 Å². The number of carbonyl (C=O) groups is 2. The second kappa shape index (κ2) is 12.6. The predicted octanol–water partition coefficient (Wildman–Crippen LogP) is 5.21. The van der Waals surface area contributed by atoms with Crippen LogP contribution in [0.2, 0.25) is 0 Å². The normalized spacial score (nSPS) is 17.7. The van der Waals surface area contributed by atoms with Gasteiger partial charge in [0.25, 0.3) is 0 Å². The van der Waals surface area contributed by atoms with Gasteiger partial charge in [0, 0.05) is 38.2 Å². The lowest BCUT2D eigenvalue weighted by Gasteiger charge is -2.35. The monoisotopic (exact) mass is 510 g/mol. The Balaban J connectivity index is 1.31. The fraction of sp³-hybridized carbons (Fsp3) is 0.533. The van der Waals surface area contributed by atoms with E-state index in [1.54, 1.807) is 29.7 Å². The number of hydrogen-bond acceptors (Lipinski definition) is 3. The Bertz CT molecular complexity index is 1060. The van der Waals surface area contributed by atoms with Crippen molar-refractivity contribution < 1.29 is 18.4 Å². The quantitative estimate of drug-likeness (QED) is 0.490. The molecule has 4 rings (SSSR count). The van der Waals surface area contributed by atoms with Crippen LogP contribution in [0.1, 0.15) is 50.2 Å². The lowest BCUT2D eigenvalue weighted by molar-refractivity contribution is -0.133. The van der Waals surface area contributed by atoms with Crippen LogP contribution in [0.3, 0.4) is 0 Å². The number of aryl methyl sites for hydroxylation is 1. The summed E-state index contributed by atoms with van der Waals surface area (Å²) in [6, 6.07) is 11.9. The van der Waals surface area contributed by atoms with Crippen molar-refractivity contribution in [3.63, 3.8) is 0 Å². The van der Waals surface area contributed by atoms with E-state index in [4.69, 9.17) is 0 Å². The van der Waals surface area contributed by atoms with Crippen LogP contribution in [-0.2, 0) is 16.0 Å². The van der Waals surface area contributed by atoms with Crippen molar-refractivity contribution in [2.24, 2.45) is 11.8 Å². The molecular formula is C30H39F2N3O2. The highest BCUT2D eigenvalue weighted by molar-refractivity contribution is 5.95. The number of amides is 2. The van der Waals surface area contributed by atoms with Crippen LogP contribution in [-0.4, -0.2) is 60.9 Å². The third kappa shape index (κ3) is 7.37. The van der Waals surface area contributed by atoms with Crippen molar-refractivity contribution in [1.82, 2.24) is 9.80 Å². The van der Waals surface area contributed by atoms with Gasteiger partial charge in [-0.25, -0.2) is 8.78 Å². The van der Waals surface area contributed by atoms with Crippen LogP contribution in [0.25, 0.3) is 0 Å². The van der Waals surface area contributed by atoms with Crippen molar-refractivity contribution in [3.8, 4) is 0 Å². The second-order valence-corrected chi connectivity index (χ2v) is 10.7. The Labute approximate surface area is 219 Å². The molecule has 0 bridgehead atoms. The van der Waals surface area contributed by atoms with E-state index in [2.05, 4.69) is 4.90 Å². The fourth-order valence-corrected chi connectivity index (χ4v) is 5.60. The average molecular weight is 511 g/mol. The molecule has 2 aliphatic rings. The molecule has 0 aromatic heterocycles. The predicted molar refractivity (Wildman–Crippen MR) is 142 cm³/mol. The number of carbonyl (C=O) groups excluding carboxylic acids is 2. The maximum atomic E-state index is 14.4. The third-order valence-corrected chi connectivity index (χ3v) is 8.02. The van der Waals surface area contributed by atoms with Crippen molar-refractivity contribution in [1.29, 1.82) is 0 Å². The molecule has 200 valence electrons. The molecule has 2 aliphatic heterocycles. The van der Waals surface area contributed by atoms with E-state index in [9.17, 15) is 18.4 Å². The van der Waals surface area contributed by atoms with Crippen molar-refractivity contribution >= 4 is 17.5 Å². The molecule has 0 aliphatic carbocycles. The summed E-state index contributed by atoms with van der Waals surface area (Å²) in [5.74, 6) is 0.0403. The van der Waals surface area contributed by atoms with Gasteiger partial charge in [-0.3, -0.25) is 9.59 Å². The van der Waals surface area contributed by atoms with Crippen LogP contribution >= 0.6 is 0 Å². The van der Waals surface area contributed by atoms with E-state index in [-0.39, 0.29) is 29.4 Å². The highest BCUT2D eigenvalue weighted by Gasteiger charge is 2.30. The summed E-state index contributed by atoms with van der Waals surface area (Å²) in [4.78, 5) is 31.2. The molecule has 0 spiro atoms. The van der Waals surface area contributed by atoms with Gasteiger partial charge in [-0.05, 0) is 106 Å². The van der Waals surface area contributed by atoms with E-state index < -0.39 is 0 Å². The Hall–Kier alpha value is -2.80. The van der Waals surface area contributed by atoms with Gasteiger partial charge >= 0.3 is 0 Å². The van der Waals surface area contributed by atoms with Gasteiger partial charge < -0.3 is 14.7 Å². The summed E-state index contributed by atoms with van der Waals surface area (Å²) in [5, 5.41) is 0. The number of halogens is 2. The molecular weight excluding hydrogens is 471 g/mol. The molecule has 2 amide bonds. The molecule has 0 unspecified atom stereocenters. The minimum absolute atomic E-state index is 0.0319. The first-order valence-corrected chi connectivity index (χ1v) is 13.6. The summed E-state index contributed by atoms with van der Waals surface area (Å²) >= 11 is 0.